The second kappa shape index (κ2) is 10.3. The molecule has 0 saturated carbocycles. The Morgan fingerprint density at radius 2 is 1.43 bits per heavy atom. The van der Waals surface area contributed by atoms with Gasteiger partial charge < -0.3 is 9.84 Å². The van der Waals surface area contributed by atoms with Crippen LogP contribution >= 0.6 is 11.6 Å². The Labute approximate surface area is 209 Å². The van der Waals surface area contributed by atoms with Crippen molar-refractivity contribution in [2.75, 3.05) is 52.4 Å². The first-order valence-corrected chi connectivity index (χ1v) is 12.3. The molecule has 182 valence electrons. The molecule has 3 aromatic carbocycles. The van der Waals surface area contributed by atoms with Gasteiger partial charge in [-0.2, -0.15) is 0 Å². The third kappa shape index (κ3) is 5.18. The second-order valence-electron chi connectivity index (χ2n) is 9.03. The number of nitrogens with zero attached hydrogens (tertiary/aromatic N) is 3. The van der Waals surface area contributed by atoms with Gasteiger partial charge in [0.15, 0.2) is 0 Å². The molecule has 0 bridgehead atoms. The molecule has 8 heteroatoms. The van der Waals surface area contributed by atoms with E-state index in [9.17, 15) is 14.7 Å². The lowest BCUT2D eigenvalue weighted by molar-refractivity contribution is 0.0416. The molecule has 0 aliphatic carbocycles. The van der Waals surface area contributed by atoms with Crippen molar-refractivity contribution in [1.82, 2.24) is 14.7 Å². The highest BCUT2D eigenvalue weighted by atomic mass is 35.5. The average Bonchev–Trinajstić information content (AvgIpc) is 2.88. The van der Waals surface area contributed by atoms with E-state index in [-0.39, 0.29) is 18.4 Å². The van der Waals surface area contributed by atoms with E-state index < -0.39 is 6.10 Å². The predicted molar refractivity (Wildman–Crippen MR) is 135 cm³/mol. The lowest BCUT2D eigenvalue weighted by Gasteiger charge is -2.36. The van der Waals surface area contributed by atoms with Crippen LogP contribution in [0.15, 0.2) is 60.7 Å². The second-order valence-corrected chi connectivity index (χ2v) is 9.47. The molecule has 3 aromatic rings. The van der Waals surface area contributed by atoms with Crippen molar-refractivity contribution >= 4 is 34.2 Å². The van der Waals surface area contributed by atoms with Gasteiger partial charge in [-0.1, -0.05) is 35.9 Å². The van der Waals surface area contributed by atoms with Crippen molar-refractivity contribution in [3.8, 4) is 5.75 Å². The summed E-state index contributed by atoms with van der Waals surface area (Å²) < 4.78 is 5.64. The SMILES string of the molecule is O=C1c2cccc3cccc(c23)C(=O)N1CCN1CCN(CC(O)COc2ccc(Cl)cc2)CC1. The average molecular weight is 494 g/mol. The Morgan fingerprint density at radius 1 is 0.829 bits per heavy atom. The third-order valence-electron chi connectivity index (χ3n) is 6.69. The van der Waals surface area contributed by atoms with Gasteiger partial charge in [-0.05, 0) is 41.8 Å². The number of ether oxygens (including phenoxy) is 1. The summed E-state index contributed by atoms with van der Waals surface area (Å²) in [5.41, 5.74) is 1.19. The highest BCUT2D eigenvalue weighted by Crippen LogP contribution is 2.29. The van der Waals surface area contributed by atoms with E-state index >= 15 is 0 Å². The van der Waals surface area contributed by atoms with Crippen LogP contribution in [0.1, 0.15) is 20.7 Å². The summed E-state index contributed by atoms with van der Waals surface area (Å²) in [6.07, 6.45) is -0.594. The van der Waals surface area contributed by atoms with E-state index in [0.29, 0.717) is 41.5 Å². The monoisotopic (exact) mass is 493 g/mol. The molecule has 7 nitrogen and oxygen atoms in total. The molecule has 0 radical (unpaired) electrons. The number of carbonyl (C=O) groups excluding carboxylic acids is 2. The summed E-state index contributed by atoms with van der Waals surface area (Å²) in [5.74, 6) is 0.238. The van der Waals surface area contributed by atoms with Crippen molar-refractivity contribution in [1.29, 1.82) is 0 Å². The van der Waals surface area contributed by atoms with Crippen LogP contribution in [0.3, 0.4) is 0 Å². The maximum atomic E-state index is 13.1. The van der Waals surface area contributed by atoms with E-state index in [1.54, 1.807) is 36.4 Å². The van der Waals surface area contributed by atoms with Gasteiger partial charge in [0.05, 0.1) is 0 Å². The lowest BCUT2D eigenvalue weighted by atomic mass is 9.94. The van der Waals surface area contributed by atoms with Gasteiger partial charge >= 0.3 is 0 Å². The molecule has 2 aliphatic heterocycles. The Morgan fingerprint density at radius 3 is 2.06 bits per heavy atom. The molecule has 2 aliphatic rings. The summed E-state index contributed by atoms with van der Waals surface area (Å²) >= 11 is 5.88. The van der Waals surface area contributed by atoms with Gasteiger partial charge in [0.1, 0.15) is 18.5 Å². The van der Waals surface area contributed by atoms with Crippen LogP contribution in [0.4, 0.5) is 0 Å². The van der Waals surface area contributed by atoms with E-state index in [1.165, 1.54) is 4.90 Å². The number of aliphatic hydroxyl groups excluding tert-OH is 1. The molecule has 1 atom stereocenters. The smallest absolute Gasteiger partial charge is 0.261 e. The minimum absolute atomic E-state index is 0.218. The number of rotatable bonds is 8. The number of β-amino-alcohol motifs (C(OH)–C–C–N with tert-alkyl or cyclic N) is 1. The van der Waals surface area contributed by atoms with Gasteiger partial charge in [-0.15, -0.1) is 0 Å². The van der Waals surface area contributed by atoms with Crippen LogP contribution in [0, 0.1) is 0 Å². The fourth-order valence-corrected chi connectivity index (χ4v) is 4.92. The fourth-order valence-electron chi connectivity index (χ4n) is 4.79. The van der Waals surface area contributed by atoms with Crippen LogP contribution in [0.25, 0.3) is 10.8 Å². The Kier molecular flexibility index (Phi) is 7.02. The molecular weight excluding hydrogens is 466 g/mol. The number of imide groups is 1. The van der Waals surface area contributed by atoms with Crippen LogP contribution in [0.5, 0.6) is 5.75 Å². The molecule has 1 fully saturated rings. The van der Waals surface area contributed by atoms with Crippen molar-refractivity contribution in [2.45, 2.75) is 6.10 Å². The fraction of sp³-hybridized carbons (Fsp3) is 0.333. The van der Waals surface area contributed by atoms with Gasteiger partial charge in [-0.3, -0.25) is 24.3 Å². The minimum Gasteiger partial charge on any atom is -0.491 e. The highest BCUT2D eigenvalue weighted by molar-refractivity contribution is 6.30. The van der Waals surface area contributed by atoms with Crippen LogP contribution < -0.4 is 4.74 Å². The summed E-state index contributed by atoms with van der Waals surface area (Å²) in [6.45, 7) is 4.98. The Bertz CT molecular complexity index is 1170. The zero-order chi connectivity index (χ0) is 24.4. The van der Waals surface area contributed by atoms with E-state index in [4.69, 9.17) is 16.3 Å². The molecule has 0 aromatic heterocycles. The number of aliphatic hydroxyl groups is 1. The summed E-state index contributed by atoms with van der Waals surface area (Å²) in [5, 5.41) is 12.7. The van der Waals surface area contributed by atoms with Gasteiger partial charge in [0, 0.05) is 67.3 Å². The van der Waals surface area contributed by atoms with Crippen LogP contribution in [-0.2, 0) is 0 Å². The first kappa shape index (κ1) is 23.8. The zero-order valence-corrected chi connectivity index (χ0v) is 20.2. The minimum atomic E-state index is -0.594. The van der Waals surface area contributed by atoms with E-state index in [0.717, 1.165) is 37.0 Å². The zero-order valence-electron chi connectivity index (χ0n) is 19.4. The Hall–Kier alpha value is -2.97. The molecule has 0 spiro atoms. The lowest BCUT2D eigenvalue weighted by Crippen LogP contribution is -2.51. The van der Waals surface area contributed by atoms with Crippen molar-refractivity contribution < 1.29 is 19.4 Å². The molecule has 1 N–H and O–H groups in total. The number of amides is 2. The molecule has 1 saturated heterocycles. The third-order valence-corrected chi connectivity index (χ3v) is 6.94. The normalized spacial score (nSPS) is 17.7. The van der Waals surface area contributed by atoms with Crippen molar-refractivity contribution in [3.63, 3.8) is 0 Å². The molecule has 2 heterocycles. The van der Waals surface area contributed by atoms with Crippen molar-refractivity contribution in [2.24, 2.45) is 0 Å². The highest BCUT2D eigenvalue weighted by Gasteiger charge is 2.33. The molecule has 5 rings (SSSR count). The largest absolute Gasteiger partial charge is 0.491 e. The maximum Gasteiger partial charge on any atom is 0.261 e. The van der Waals surface area contributed by atoms with Gasteiger partial charge in [-0.25, -0.2) is 0 Å². The number of hydrogen-bond acceptors (Lipinski definition) is 6. The van der Waals surface area contributed by atoms with Crippen molar-refractivity contribution in [3.05, 3.63) is 76.8 Å². The first-order valence-electron chi connectivity index (χ1n) is 11.9. The first-order chi connectivity index (χ1) is 17.0. The van der Waals surface area contributed by atoms with E-state index in [2.05, 4.69) is 9.80 Å². The van der Waals surface area contributed by atoms with Crippen LogP contribution in [0.2, 0.25) is 5.02 Å². The molecule has 1 unspecified atom stereocenters. The number of benzene rings is 3. The number of hydrogen-bond donors (Lipinski definition) is 1. The maximum absolute atomic E-state index is 13.1. The standard InChI is InChI=1S/C27H28ClN3O4/c28-20-7-9-22(10-8-20)35-18-21(32)17-30-13-11-29(12-14-30)15-16-31-26(33)23-5-1-3-19-4-2-6-24(25(19)23)27(31)34/h1-10,21,32H,11-18H2. The summed E-state index contributed by atoms with van der Waals surface area (Å²) in [7, 11) is 0. The van der Waals surface area contributed by atoms with Gasteiger partial charge in [0.25, 0.3) is 11.8 Å². The summed E-state index contributed by atoms with van der Waals surface area (Å²) in [6, 6.07) is 18.3. The number of halogens is 1. The van der Waals surface area contributed by atoms with Crippen LogP contribution in [-0.4, -0.2) is 90.1 Å². The quantitative estimate of drug-likeness (QED) is 0.486. The molecule has 2 amide bonds. The Balaban J connectivity index is 1.09. The topological polar surface area (TPSA) is 73.3 Å². The number of carbonyl (C=O) groups is 2. The predicted octanol–water partition coefficient (Wildman–Crippen LogP) is 3.15. The molecular formula is C27H28ClN3O4. The van der Waals surface area contributed by atoms with E-state index in [1.807, 2.05) is 24.3 Å². The summed E-state index contributed by atoms with van der Waals surface area (Å²) in [4.78, 5) is 32.0. The van der Waals surface area contributed by atoms with Gasteiger partial charge in [0.2, 0.25) is 0 Å². The molecule has 35 heavy (non-hydrogen) atoms. The number of piperazine rings is 1.